The molecule has 0 aliphatic carbocycles. The first-order chi connectivity index (χ1) is 11.1. The molecule has 1 saturated heterocycles. The highest BCUT2D eigenvalue weighted by Gasteiger charge is 2.24. The molecule has 1 amide bonds. The third kappa shape index (κ3) is 4.09. The Bertz CT molecular complexity index is 691. The number of carbonyl (C=O) groups excluding carboxylic acids is 1. The first-order valence-corrected chi connectivity index (χ1v) is 7.86. The zero-order chi connectivity index (χ0) is 16.2. The summed E-state index contributed by atoms with van der Waals surface area (Å²) in [6, 6.07) is 8.20. The van der Waals surface area contributed by atoms with Crippen molar-refractivity contribution in [3.63, 3.8) is 0 Å². The van der Waals surface area contributed by atoms with Crippen LogP contribution in [0.3, 0.4) is 0 Å². The third-order valence-corrected chi connectivity index (χ3v) is 4.16. The lowest BCUT2D eigenvalue weighted by molar-refractivity contribution is 0.0910. The maximum atomic E-state index is 13.7. The van der Waals surface area contributed by atoms with Gasteiger partial charge in [-0.2, -0.15) is 0 Å². The van der Waals surface area contributed by atoms with Gasteiger partial charge in [0, 0.05) is 31.3 Å². The Labute approximate surface area is 138 Å². The van der Waals surface area contributed by atoms with E-state index in [4.69, 9.17) is 16.1 Å². The average Bonchev–Trinajstić information content (AvgIpc) is 3.16. The highest BCUT2D eigenvalue weighted by atomic mass is 35.5. The molecule has 0 unspecified atom stereocenters. The number of likely N-dealkylation sites (tertiary alicyclic amines) is 1. The average molecular weight is 338 g/mol. The molecule has 1 N–H and O–H groups in total. The predicted octanol–water partition coefficient (Wildman–Crippen LogP) is 2.72. The van der Waals surface area contributed by atoms with Crippen molar-refractivity contribution in [1.29, 1.82) is 0 Å². The van der Waals surface area contributed by atoms with Crippen LogP contribution in [0.2, 0.25) is 5.15 Å². The molecule has 1 aromatic carbocycles. The quantitative estimate of drug-likeness (QED) is 0.911. The SMILES string of the molecule is O=C(NC[C@@H]1CCN(Cc2ccccc2F)C1)c1cc(Cl)no1. The topological polar surface area (TPSA) is 58.4 Å². The predicted molar refractivity (Wildman–Crippen MR) is 83.6 cm³/mol. The van der Waals surface area contributed by atoms with Gasteiger partial charge in [0.2, 0.25) is 5.76 Å². The van der Waals surface area contributed by atoms with Crippen molar-refractivity contribution in [3.05, 3.63) is 52.6 Å². The van der Waals surface area contributed by atoms with Gasteiger partial charge in [0.1, 0.15) is 5.82 Å². The molecular weight excluding hydrogens is 321 g/mol. The Morgan fingerprint density at radius 1 is 1.48 bits per heavy atom. The van der Waals surface area contributed by atoms with Crippen LogP contribution in [-0.2, 0) is 6.54 Å². The van der Waals surface area contributed by atoms with Crippen LogP contribution < -0.4 is 5.32 Å². The number of aromatic nitrogens is 1. The van der Waals surface area contributed by atoms with Gasteiger partial charge in [-0.25, -0.2) is 4.39 Å². The van der Waals surface area contributed by atoms with Gasteiger partial charge in [-0.1, -0.05) is 35.0 Å². The second-order valence-corrected chi connectivity index (χ2v) is 6.09. The van der Waals surface area contributed by atoms with Gasteiger partial charge in [-0.3, -0.25) is 9.69 Å². The van der Waals surface area contributed by atoms with Crippen LogP contribution in [-0.4, -0.2) is 35.6 Å². The third-order valence-electron chi connectivity index (χ3n) is 3.98. The first-order valence-electron chi connectivity index (χ1n) is 7.48. The molecule has 1 fully saturated rings. The van der Waals surface area contributed by atoms with Gasteiger partial charge >= 0.3 is 0 Å². The second-order valence-electron chi connectivity index (χ2n) is 5.71. The fourth-order valence-electron chi connectivity index (χ4n) is 2.78. The number of amides is 1. The first kappa shape index (κ1) is 16.0. The molecule has 1 atom stereocenters. The summed E-state index contributed by atoms with van der Waals surface area (Å²) in [4.78, 5) is 14.1. The molecule has 0 bridgehead atoms. The van der Waals surface area contributed by atoms with Crippen molar-refractivity contribution in [1.82, 2.24) is 15.4 Å². The molecule has 0 radical (unpaired) electrons. The highest BCUT2D eigenvalue weighted by Crippen LogP contribution is 2.19. The molecule has 2 aromatic rings. The van der Waals surface area contributed by atoms with E-state index >= 15 is 0 Å². The molecule has 1 aliphatic rings. The monoisotopic (exact) mass is 337 g/mol. The van der Waals surface area contributed by atoms with Crippen LogP contribution in [0.5, 0.6) is 0 Å². The summed E-state index contributed by atoms with van der Waals surface area (Å²) in [6.45, 7) is 2.86. The summed E-state index contributed by atoms with van der Waals surface area (Å²) in [6.07, 6.45) is 0.964. The van der Waals surface area contributed by atoms with Gasteiger partial charge in [-0.05, 0) is 24.9 Å². The van der Waals surface area contributed by atoms with E-state index in [2.05, 4.69) is 15.4 Å². The van der Waals surface area contributed by atoms with Crippen LogP contribution in [0.4, 0.5) is 4.39 Å². The second kappa shape index (κ2) is 7.10. The van der Waals surface area contributed by atoms with Gasteiger partial charge in [-0.15, -0.1) is 0 Å². The van der Waals surface area contributed by atoms with E-state index in [1.165, 1.54) is 12.1 Å². The van der Waals surface area contributed by atoms with Gasteiger partial charge in [0.15, 0.2) is 5.15 Å². The minimum absolute atomic E-state index is 0.108. The number of rotatable bonds is 5. The number of nitrogens with zero attached hydrogens (tertiary/aromatic N) is 2. The molecule has 1 aromatic heterocycles. The summed E-state index contributed by atoms with van der Waals surface area (Å²) < 4.78 is 18.5. The molecule has 122 valence electrons. The number of hydrogen-bond acceptors (Lipinski definition) is 4. The van der Waals surface area contributed by atoms with E-state index in [9.17, 15) is 9.18 Å². The molecule has 2 heterocycles. The number of benzene rings is 1. The van der Waals surface area contributed by atoms with E-state index in [0.717, 1.165) is 19.5 Å². The number of nitrogens with one attached hydrogen (secondary N) is 1. The van der Waals surface area contributed by atoms with Crippen molar-refractivity contribution in [2.75, 3.05) is 19.6 Å². The summed E-state index contributed by atoms with van der Waals surface area (Å²) in [5.74, 6) is -0.0521. The van der Waals surface area contributed by atoms with Crippen molar-refractivity contribution >= 4 is 17.5 Å². The minimum atomic E-state index is -0.322. The van der Waals surface area contributed by atoms with Crippen LogP contribution in [0.15, 0.2) is 34.9 Å². The van der Waals surface area contributed by atoms with E-state index in [1.54, 1.807) is 12.1 Å². The van der Waals surface area contributed by atoms with Crippen LogP contribution >= 0.6 is 11.6 Å². The lowest BCUT2D eigenvalue weighted by Gasteiger charge is -2.16. The van der Waals surface area contributed by atoms with Gasteiger partial charge in [0.05, 0.1) is 0 Å². The zero-order valence-electron chi connectivity index (χ0n) is 12.5. The summed E-state index contributed by atoms with van der Waals surface area (Å²) in [7, 11) is 0. The summed E-state index contributed by atoms with van der Waals surface area (Å²) in [5.41, 5.74) is 0.702. The largest absolute Gasteiger partial charge is 0.349 e. The fraction of sp³-hybridized carbons (Fsp3) is 0.375. The lowest BCUT2D eigenvalue weighted by Crippen LogP contribution is -2.30. The number of hydrogen-bond donors (Lipinski definition) is 1. The van der Waals surface area contributed by atoms with Gasteiger partial charge < -0.3 is 9.84 Å². The standard InChI is InChI=1S/C16H17ClFN3O2/c17-15-7-14(23-20-15)16(22)19-8-11-5-6-21(9-11)10-12-3-1-2-4-13(12)18/h1-4,7,11H,5-6,8-10H2,(H,19,22)/t11-/m0/s1. The smallest absolute Gasteiger partial charge is 0.289 e. The number of carbonyl (C=O) groups is 1. The summed E-state index contributed by atoms with van der Waals surface area (Å²) in [5, 5.41) is 6.45. The molecule has 3 rings (SSSR count). The Hall–Kier alpha value is -1.92. The Morgan fingerprint density at radius 3 is 3.04 bits per heavy atom. The Kier molecular flexibility index (Phi) is 4.93. The zero-order valence-corrected chi connectivity index (χ0v) is 13.2. The molecule has 1 aliphatic heterocycles. The van der Waals surface area contributed by atoms with Gasteiger partial charge in [0.25, 0.3) is 5.91 Å². The van der Waals surface area contributed by atoms with E-state index in [-0.39, 0.29) is 22.6 Å². The summed E-state index contributed by atoms with van der Waals surface area (Å²) >= 11 is 5.62. The van der Waals surface area contributed by atoms with Crippen molar-refractivity contribution in [3.8, 4) is 0 Å². The maximum absolute atomic E-state index is 13.7. The molecule has 7 heteroatoms. The maximum Gasteiger partial charge on any atom is 0.289 e. The normalized spacial score (nSPS) is 18.3. The molecular formula is C16H17ClFN3O2. The van der Waals surface area contributed by atoms with Crippen molar-refractivity contribution < 1.29 is 13.7 Å². The highest BCUT2D eigenvalue weighted by molar-refractivity contribution is 6.29. The minimum Gasteiger partial charge on any atom is -0.349 e. The number of halogens is 2. The van der Waals surface area contributed by atoms with Crippen LogP contribution in [0.1, 0.15) is 22.5 Å². The lowest BCUT2D eigenvalue weighted by atomic mass is 10.1. The van der Waals surface area contributed by atoms with E-state index in [1.807, 2.05) is 6.07 Å². The fourth-order valence-corrected chi connectivity index (χ4v) is 2.91. The molecule has 0 spiro atoms. The molecule has 0 saturated carbocycles. The van der Waals surface area contributed by atoms with Crippen LogP contribution in [0, 0.1) is 11.7 Å². The van der Waals surface area contributed by atoms with Crippen LogP contribution in [0.25, 0.3) is 0 Å². The molecule has 5 nitrogen and oxygen atoms in total. The Morgan fingerprint density at radius 2 is 2.30 bits per heavy atom. The van der Waals surface area contributed by atoms with E-state index in [0.29, 0.717) is 24.6 Å². The van der Waals surface area contributed by atoms with Crippen molar-refractivity contribution in [2.24, 2.45) is 5.92 Å². The van der Waals surface area contributed by atoms with E-state index < -0.39 is 0 Å². The van der Waals surface area contributed by atoms with Crippen molar-refractivity contribution in [2.45, 2.75) is 13.0 Å². The Balaban J connectivity index is 1.47. The molecule has 23 heavy (non-hydrogen) atoms.